The normalized spacial score (nSPS) is 10.8. The van der Waals surface area contributed by atoms with Crippen LogP contribution in [0.4, 0.5) is 0 Å². The molecule has 0 atom stereocenters. The summed E-state index contributed by atoms with van der Waals surface area (Å²) in [5.74, 6) is -0.390. The van der Waals surface area contributed by atoms with Crippen LogP contribution in [0.5, 0.6) is 0 Å². The molecule has 0 bridgehead atoms. The van der Waals surface area contributed by atoms with Gasteiger partial charge in [-0.25, -0.2) is 4.79 Å². The van der Waals surface area contributed by atoms with Gasteiger partial charge < -0.3 is 4.42 Å². The number of fused-ring (bicyclic) bond motifs is 1. The Morgan fingerprint density at radius 1 is 1.33 bits per heavy atom. The summed E-state index contributed by atoms with van der Waals surface area (Å²) in [6.45, 7) is 3.96. The molecule has 2 rings (SSSR count). The van der Waals surface area contributed by atoms with Crippen molar-refractivity contribution in [3.8, 4) is 0 Å². The Hall–Kier alpha value is -1.51. The highest BCUT2D eigenvalue weighted by Crippen LogP contribution is 2.17. The van der Waals surface area contributed by atoms with Gasteiger partial charge in [-0.3, -0.25) is 4.98 Å². The number of aromatic nitrogens is 1. The minimum atomic E-state index is -0.390. The van der Waals surface area contributed by atoms with E-state index in [1.54, 1.807) is 6.07 Å². The Bertz CT molecular complexity index is 479. The van der Waals surface area contributed by atoms with E-state index in [9.17, 15) is 4.79 Å². The topological polar surface area (TPSA) is 46.0 Å². The summed E-state index contributed by atoms with van der Waals surface area (Å²) in [6, 6.07) is 3.74. The van der Waals surface area contributed by atoms with Crippen LogP contribution < -0.4 is 5.76 Å². The summed E-state index contributed by atoms with van der Waals surface area (Å²) >= 11 is 0. The maximum atomic E-state index is 10.8. The smallest absolute Gasteiger partial charge is 0.408 e. The lowest BCUT2D eigenvalue weighted by Crippen LogP contribution is -1.93. The average Bonchev–Trinajstić information content (AvgIpc) is 2.39. The van der Waals surface area contributed by atoms with E-state index >= 15 is 0 Å². The lowest BCUT2D eigenvalue weighted by Gasteiger charge is -1.97. The van der Waals surface area contributed by atoms with Crippen LogP contribution in [-0.2, 0) is 0 Å². The molecule has 0 saturated heterocycles. The van der Waals surface area contributed by atoms with Gasteiger partial charge in [0.15, 0.2) is 5.58 Å². The average molecular weight is 163 g/mol. The number of hydrogen-bond donors (Lipinski definition) is 1. The lowest BCUT2D eigenvalue weighted by molar-refractivity contribution is 0.555. The first-order valence-electron chi connectivity index (χ1n) is 3.77. The van der Waals surface area contributed by atoms with Gasteiger partial charge in [-0.05, 0) is 31.0 Å². The molecule has 0 spiro atoms. The Morgan fingerprint density at radius 2 is 2.08 bits per heavy atom. The zero-order chi connectivity index (χ0) is 8.72. The van der Waals surface area contributed by atoms with Crippen molar-refractivity contribution in [3.63, 3.8) is 0 Å². The quantitative estimate of drug-likeness (QED) is 0.643. The van der Waals surface area contributed by atoms with Crippen LogP contribution in [-0.4, -0.2) is 4.98 Å². The van der Waals surface area contributed by atoms with Gasteiger partial charge in [0.05, 0.1) is 5.52 Å². The lowest BCUT2D eigenvalue weighted by atomic mass is 10.1. The first kappa shape index (κ1) is 7.16. The molecule has 0 aliphatic rings. The Morgan fingerprint density at radius 3 is 2.83 bits per heavy atom. The SMILES string of the molecule is Cc1ccc2oc(=O)[nH]c2c1C. The first-order valence-corrected chi connectivity index (χ1v) is 3.77. The minimum Gasteiger partial charge on any atom is -0.408 e. The number of nitrogens with one attached hydrogen (secondary N) is 1. The van der Waals surface area contributed by atoms with E-state index < -0.39 is 5.76 Å². The summed E-state index contributed by atoms with van der Waals surface area (Å²) in [5, 5.41) is 0. The second-order valence-electron chi connectivity index (χ2n) is 2.90. The molecule has 1 aromatic heterocycles. The third kappa shape index (κ3) is 0.863. The van der Waals surface area contributed by atoms with E-state index in [1.165, 1.54) is 0 Å². The molecule has 1 aromatic carbocycles. The van der Waals surface area contributed by atoms with Crippen molar-refractivity contribution < 1.29 is 4.42 Å². The van der Waals surface area contributed by atoms with E-state index in [0.29, 0.717) is 5.58 Å². The van der Waals surface area contributed by atoms with Gasteiger partial charge in [-0.1, -0.05) is 6.07 Å². The molecule has 62 valence electrons. The molecule has 2 aromatic rings. The summed E-state index contributed by atoms with van der Waals surface area (Å²) in [6.07, 6.45) is 0. The molecular weight excluding hydrogens is 154 g/mol. The number of aryl methyl sites for hydroxylation is 2. The fourth-order valence-electron chi connectivity index (χ4n) is 1.26. The Kier molecular flexibility index (Phi) is 1.33. The summed E-state index contributed by atoms with van der Waals surface area (Å²) < 4.78 is 4.89. The van der Waals surface area contributed by atoms with Crippen molar-refractivity contribution in [2.24, 2.45) is 0 Å². The first-order chi connectivity index (χ1) is 5.68. The molecular formula is C9H9NO2. The molecule has 0 aliphatic heterocycles. The largest absolute Gasteiger partial charge is 0.417 e. The summed E-state index contributed by atoms with van der Waals surface area (Å²) in [7, 11) is 0. The van der Waals surface area contributed by atoms with Gasteiger partial charge in [-0.2, -0.15) is 0 Å². The summed E-state index contributed by atoms with van der Waals surface area (Å²) in [4.78, 5) is 13.5. The van der Waals surface area contributed by atoms with E-state index in [-0.39, 0.29) is 0 Å². The van der Waals surface area contributed by atoms with Crippen molar-refractivity contribution >= 4 is 11.1 Å². The van der Waals surface area contributed by atoms with Gasteiger partial charge in [0, 0.05) is 0 Å². The van der Waals surface area contributed by atoms with Gasteiger partial charge >= 0.3 is 5.76 Å². The predicted molar refractivity (Wildman–Crippen MR) is 46.3 cm³/mol. The number of rotatable bonds is 0. The van der Waals surface area contributed by atoms with Crippen molar-refractivity contribution in [1.82, 2.24) is 4.98 Å². The molecule has 3 heteroatoms. The van der Waals surface area contributed by atoms with Crippen LogP contribution in [0.25, 0.3) is 11.1 Å². The van der Waals surface area contributed by atoms with Crippen LogP contribution in [0.3, 0.4) is 0 Å². The van der Waals surface area contributed by atoms with Crippen LogP contribution in [0, 0.1) is 13.8 Å². The maximum absolute atomic E-state index is 10.8. The third-order valence-corrected chi connectivity index (χ3v) is 2.13. The molecule has 0 fully saturated rings. The fraction of sp³-hybridized carbons (Fsp3) is 0.222. The Balaban J connectivity index is 2.99. The zero-order valence-electron chi connectivity index (χ0n) is 6.97. The molecule has 0 amide bonds. The fourth-order valence-corrected chi connectivity index (χ4v) is 1.26. The van der Waals surface area contributed by atoms with Crippen molar-refractivity contribution in [2.45, 2.75) is 13.8 Å². The number of H-pyrrole nitrogens is 1. The number of oxazole rings is 1. The van der Waals surface area contributed by atoms with E-state index in [4.69, 9.17) is 4.42 Å². The van der Waals surface area contributed by atoms with Crippen LogP contribution in [0.1, 0.15) is 11.1 Å². The Labute approximate surface area is 69.0 Å². The highest BCUT2D eigenvalue weighted by Gasteiger charge is 2.04. The molecule has 0 saturated carbocycles. The van der Waals surface area contributed by atoms with Gasteiger partial charge in [-0.15, -0.1) is 0 Å². The maximum Gasteiger partial charge on any atom is 0.417 e. The van der Waals surface area contributed by atoms with Crippen molar-refractivity contribution in [1.29, 1.82) is 0 Å². The second-order valence-corrected chi connectivity index (χ2v) is 2.90. The molecule has 3 nitrogen and oxygen atoms in total. The monoisotopic (exact) mass is 163 g/mol. The highest BCUT2D eigenvalue weighted by atomic mass is 16.4. The van der Waals surface area contributed by atoms with Gasteiger partial charge in [0.1, 0.15) is 0 Å². The standard InChI is InChI=1S/C9H9NO2/c1-5-3-4-7-8(6(5)2)10-9(11)12-7/h3-4H,1-2H3,(H,10,11). The molecule has 0 aliphatic carbocycles. The molecule has 1 heterocycles. The third-order valence-electron chi connectivity index (χ3n) is 2.13. The second kappa shape index (κ2) is 2.24. The van der Waals surface area contributed by atoms with Crippen LogP contribution in [0.15, 0.2) is 21.3 Å². The molecule has 0 radical (unpaired) electrons. The molecule has 0 unspecified atom stereocenters. The minimum absolute atomic E-state index is 0.390. The van der Waals surface area contributed by atoms with Crippen molar-refractivity contribution in [2.75, 3.05) is 0 Å². The van der Waals surface area contributed by atoms with E-state index in [2.05, 4.69) is 4.98 Å². The number of aromatic amines is 1. The number of benzene rings is 1. The molecule has 12 heavy (non-hydrogen) atoms. The zero-order valence-corrected chi connectivity index (χ0v) is 6.97. The van der Waals surface area contributed by atoms with E-state index in [0.717, 1.165) is 16.6 Å². The predicted octanol–water partition coefficient (Wildman–Crippen LogP) is 1.74. The van der Waals surface area contributed by atoms with Crippen LogP contribution in [0.2, 0.25) is 0 Å². The highest BCUT2D eigenvalue weighted by molar-refractivity contribution is 5.77. The van der Waals surface area contributed by atoms with Gasteiger partial charge in [0.2, 0.25) is 0 Å². The number of hydrogen-bond acceptors (Lipinski definition) is 2. The van der Waals surface area contributed by atoms with Gasteiger partial charge in [0.25, 0.3) is 0 Å². The summed E-state index contributed by atoms with van der Waals surface area (Å²) in [5.41, 5.74) is 3.65. The van der Waals surface area contributed by atoms with Crippen LogP contribution >= 0.6 is 0 Å². The van der Waals surface area contributed by atoms with E-state index in [1.807, 2.05) is 19.9 Å². The molecule has 1 N–H and O–H groups in total. The van der Waals surface area contributed by atoms with Crippen molar-refractivity contribution in [3.05, 3.63) is 33.8 Å².